The number of nitrogens with zero attached hydrogens (tertiary/aromatic N) is 3. The van der Waals surface area contributed by atoms with Gasteiger partial charge in [0.1, 0.15) is 5.01 Å². The lowest BCUT2D eigenvalue weighted by Gasteiger charge is -2.23. The van der Waals surface area contributed by atoms with Crippen LogP contribution in [0, 0.1) is 0 Å². The Morgan fingerprint density at radius 2 is 1.96 bits per heavy atom. The number of aromatic nitrogens is 1. The van der Waals surface area contributed by atoms with Crippen molar-refractivity contribution in [3.63, 3.8) is 0 Å². The molecule has 0 aliphatic heterocycles. The summed E-state index contributed by atoms with van der Waals surface area (Å²) in [6.45, 7) is 4.01. The van der Waals surface area contributed by atoms with Crippen molar-refractivity contribution in [3.8, 4) is 0 Å². The minimum absolute atomic E-state index is 0.0211. The molecule has 0 aliphatic rings. The van der Waals surface area contributed by atoms with Crippen LogP contribution < -0.4 is 5.32 Å². The molecule has 8 heteroatoms. The van der Waals surface area contributed by atoms with Gasteiger partial charge in [0.25, 0.3) is 0 Å². The number of rotatable bonds is 9. The van der Waals surface area contributed by atoms with Gasteiger partial charge in [0, 0.05) is 11.9 Å². The van der Waals surface area contributed by atoms with Crippen LogP contribution >= 0.6 is 22.7 Å². The van der Waals surface area contributed by atoms with Crippen molar-refractivity contribution in [2.75, 3.05) is 26.7 Å². The number of nitrogens with one attached hydrogen (secondary N) is 1. The average molecular weight is 417 g/mol. The molecule has 0 saturated heterocycles. The maximum atomic E-state index is 12.6. The second kappa shape index (κ2) is 9.77. The maximum Gasteiger partial charge on any atom is 0.236 e. The zero-order valence-corrected chi connectivity index (χ0v) is 17.7. The highest BCUT2D eigenvalue weighted by Gasteiger charge is 2.17. The quantitative estimate of drug-likeness (QED) is 0.582. The van der Waals surface area contributed by atoms with E-state index in [1.807, 2.05) is 53.6 Å². The highest BCUT2D eigenvalue weighted by atomic mass is 32.1. The summed E-state index contributed by atoms with van der Waals surface area (Å²) in [6.07, 6.45) is 0. The van der Waals surface area contributed by atoms with Gasteiger partial charge in [-0.3, -0.25) is 14.5 Å². The van der Waals surface area contributed by atoms with E-state index in [2.05, 4.69) is 10.3 Å². The number of carbonyl (C=O) groups excluding carboxylic acids is 2. The molecule has 1 N–H and O–H groups in total. The molecule has 0 spiro atoms. The van der Waals surface area contributed by atoms with Gasteiger partial charge in [0.2, 0.25) is 11.8 Å². The third kappa shape index (κ3) is 5.60. The predicted octanol–water partition coefficient (Wildman–Crippen LogP) is 2.95. The summed E-state index contributed by atoms with van der Waals surface area (Å²) in [7, 11) is 1.78. The normalized spacial score (nSPS) is 11.1. The number of amides is 2. The van der Waals surface area contributed by atoms with Crippen molar-refractivity contribution in [2.24, 2.45) is 0 Å². The fraction of sp³-hybridized carbons (Fsp3) is 0.350. The van der Waals surface area contributed by atoms with Gasteiger partial charge in [-0.15, -0.1) is 22.7 Å². The zero-order valence-electron chi connectivity index (χ0n) is 16.1. The predicted molar refractivity (Wildman–Crippen MR) is 114 cm³/mol. The average Bonchev–Trinajstić information content (AvgIpc) is 3.34. The van der Waals surface area contributed by atoms with Crippen LogP contribution in [-0.4, -0.2) is 53.3 Å². The molecule has 6 nitrogen and oxygen atoms in total. The Kier molecular flexibility index (Phi) is 7.13. The molecule has 148 valence electrons. The second-order valence-electron chi connectivity index (χ2n) is 6.48. The molecule has 0 bridgehead atoms. The van der Waals surface area contributed by atoms with Crippen LogP contribution in [0.1, 0.15) is 16.8 Å². The molecule has 2 aromatic heterocycles. The summed E-state index contributed by atoms with van der Waals surface area (Å²) >= 11 is 3.21. The molecule has 1 aromatic carbocycles. The number of benzene rings is 1. The number of hydrogen-bond donors (Lipinski definition) is 1. The minimum Gasteiger partial charge on any atom is -0.350 e. The van der Waals surface area contributed by atoms with Gasteiger partial charge >= 0.3 is 0 Å². The first-order valence-corrected chi connectivity index (χ1v) is 10.8. The molecule has 0 unspecified atom stereocenters. The van der Waals surface area contributed by atoms with Gasteiger partial charge < -0.3 is 10.2 Å². The van der Waals surface area contributed by atoms with Gasteiger partial charge in [-0.1, -0.05) is 25.1 Å². The highest BCUT2D eigenvalue weighted by molar-refractivity contribution is 7.18. The van der Waals surface area contributed by atoms with Crippen molar-refractivity contribution in [1.29, 1.82) is 0 Å². The Hall–Kier alpha value is -2.29. The molecule has 0 radical (unpaired) electrons. The molecule has 3 rings (SSSR count). The van der Waals surface area contributed by atoms with Gasteiger partial charge in [-0.05, 0) is 30.1 Å². The second-order valence-corrected chi connectivity index (χ2v) is 8.63. The summed E-state index contributed by atoms with van der Waals surface area (Å²) in [6, 6.07) is 11.9. The number of carbonyl (C=O) groups is 2. The molecule has 2 heterocycles. The van der Waals surface area contributed by atoms with Crippen LogP contribution in [0.2, 0.25) is 0 Å². The Morgan fingerprint density at radius 3 is 2.68 bits per heavy atom. The van der Waals surface area contributed by atoms with Gasteiger partial charge in [0.05, 0.1) is 36.4 Å². The lowest BCUT2D eigenvalue weighted by Crippen LogP contribution is -2.43. The zero-order chi connectivity index (χ0) is 19.9. The van der Waals surface area contributed by atoms with E-state index >= 15 is 0 Å². The lowest BCUT2D eigenvalue weighted by molar-refractivity contribution is -0.132. The molecule has 3 aromatic rings. The molecule has 0 saturated carbocycles. The first-order chi connectivity index (χ1) is 13.5. The summed E-state index contributed by atoms with van der Waals surface area (Å²) in [4.78, 5) is 34.0. The number of fused-ring (bicyclic) bond motifs is 1. The monoisotopic (exact) mass is 416 g/mol. The standard InChI is InChI=1S/C20H24N4O2S2/c1-3-24(12-18(25)21-11-15-7-6-10-27-15)14-20(26)23(2)13-19-22-16-8-4-5-9-17(16)28-19/h4-10H,3,11-14H2,1-2H3,(H,21,25). The van der Waals surface area contributed by atoms with Gasteiger partial charge in [-0.2, -0.15) is 0 Å². The van der Waals surface area contributed by atoms with Crippen LogP contribution in [0.15, 0.2) is 41.8 Å². The summed E-state index contributed by atoms with van der Waals surface area (Å²) in [5, 5.41) is 5.80. The molecule has 2 amide bonds. The van der Waals surface area contributed by atoms with E-state index in [4.69, 9.17) is 0 Å². The van der Waals surface area contributed by atoms with Crippen molar-refractivity contribution in [2.45, 2.75) is 20.0 Å². The van der Waals surface area contributed by atoms with E-state index in [1.165, 1.54) is 0 Å². The Bertz CT molecular complexity index is 890. The Labute approximate surface area is 172 Å². The van der Waals surface area contributed by atoms with Gasteiger partial charge in [0.15, 0.2) is 0 Å². The SMILES string of the molecule is CCN(CC(=O)NCc1cccs1)CC(=O)N(C)Cc1nc2ccccc2s1. The van der Waals surface area contributed by atoms with Crippen LogP contribution in [0.25, 0.3) is 10.2 Å². The molecule has 0 fully saturated rings. The molecular formula is C20H24N4O2S2. The number of thiophene rings is 1. The molecule has 0 aliphatic carbocycles. The molecule has 28 heavy (non-hydrogen) atoms. The van der Waals surface area contributed by atoms with Crippen molar-refractivity contribution in [3.05, 3.63) is 51.7 Å². The van der Waals surface area contributed by atoms with Crippen molar-refractivity contribution >= 4 is 44.7 Å². The highest BCUT2D eigenvalue weighted by Crippen LogP contribution is 2.22. The third-order valence-corrected chi connectivity index (χ3v) is 6.25. The number of thiazole rings is 1. The third-order valence-electron chi connectivity index (χ3n) is 4.35. The van der Waals surface area contributed by atoms with Crippen molar-refractivity contribution < 1.29 is 9.59 Å². The summed E-state index contributed by atoms with van der Waals surface area (Å²) in [5.74, 6) is -0.0935. The van der Waals surface area contributed by atoms with E-state index < -0.39 is 0 Å². The van der Waals surface area contributed by atoms with Gasteiger partial charge in [-0.25, -0.2) is 4.98 Å². The van der Waals surface area contributed by atoms with E-state index in [9.17, 15) is 9.59 Å². The minimum atomic E-state index is -0.0723. The maximum absolute atomic E-state index is 12.6. The topological polar surface area (TPSA) is 65.5 Å². The Balaban J connectivity index is 1.48. The number of hydrogen-bond acceptors (Lipinski definition) is 6. The fourth-order valence-electron chi connectivity index (χ4n) is 2.73. The smallest absolute Gasteiger partial charge is 0.236 e. The number of likely N-dealkylation sites (N-methyl/N-ethyl adjacent to an activating group) is 2. The van der Waals surface area contributed by atoms with Crippen LogP contribution in [0.4, 0.5) is 0 Å². The first-order valence-electron chi connectivity index (χ1n) is 9.15. The summed E-state index contributed by atoms with van der Waals surface area (Å²) < 4.78 is 1.12. The number of para-hydroxylation sites is 1. The lowest BCUT2D eigenvalue weighted by atomic mass is 10.3. The van der Waals surface area contributed by atoms with E-state index in [1.54, 1.807) is 34.6 Å². The van der Waals surface area contributed by atoms with Crippen LogP contribution in [-0.2, 0) is 22.7 Å². The molecule has 0 atom stereocenters. The van der Waals surface area contributed by atoms with E-state index in [0.717, 1.165) is 20.1 Å². The van der Waals surface area contributed by atoms with Crippen LogP contribution in [0.3, 0.4) is 0 Å². The molecular weight excluding hydrogens is 392 g/mol. The largest absolute Gasteiger partial charge is 0.350 e. The summed E-state index contributed by atoms with van der Waals surface area (Å²) in [5.41, 5.74) is 0.959. The van der Waals surface area contributed by atoms with E-state index in [0.29, 0.717) is 19.6 Å². The van der Waals surface area contributed by atoms with E-state index in [-0.39, 0.29) is 24.9 Å². The fourth-order valence-corrected chi connectivity index (χ4v) is 4.39. The van der Waals surface area contributed by atoms with Crippen molar-refractivity contribution in [1.82, 2.24) is 20.1 Å². The Morgan fingerprint density at radius 1 is 1.14 bits per heavy atom. The van der Waals surface area contributed by atoms with Crippen LogP contribution in [0.5, 0.6) is 0 Å². The first kappa shape index (κ1) is 20.4.